The van der Waals surface area contributed by atoms with Gasteiger partial charge in [0.15, 0.2) is 5.41 Å². The molecule has 4 nitrogen and oxygen atoms in total. The topological polar surface area (TPSA) is 52.6 Å². The Morgan fingerprint density at radius 3 is 0.971 bits per heavy atom. The van der Waals surface area contributed by atoms with Crippen molar-refractivity contribution < 1.29 is 19.1 Å². The Balaban J connectivity index is 3.94. The number of unbranched alkanes of at least 4 members (excludes halogenated alkanes) is 17. The molecule has 0 aromatic heterocycles. The molecule has 0 amide bonds. The van der Waals surface area contributed by atoms with E-state index in [0.717, 1.165) is 25.7 Å². The lowest BCUT2D eigenvalue weighted by Crippen LogP contribution is -2.41. The summed E-state index contributed by atoms with van der Waals surface area (Å²) in [5.41, 5.74) is -1.14. The summed E-state index contributed by atoms with van der Waals surface area (Å²) in [7, 11) is 0. The van der Waals surface area contributed by atoms with Crippen molar-refractivity contribution in [1.29, 1.82) is 0 Å². The molecule has 0 aliphatic carbocycles. The Kier molecular flexibility index (Phi) is 22.9. The second kappa shape index (κ2) is 23.7. The lowest BCUT2D eigenvalue weighted by atomic mass is 9.82. The van der Waals surface area contributed by atoms with Crippen LogP contribution in [0.3, 0.4) is 0 Å². The zero-order chi connectivity index (χ0) is 25.3. The van der Waals surface area contributed by atoms with E-state index in [9.17, 15) is 9.59 Å². The summed E-state index contributed by atoms with van der Waals surface area (Å²) in [6.07, 6.45) is 24.4. The van der Waals surface area contributed by atoms with Crippen LogP contribution < -0.4 is 0 Å². The molecule has 0 bridgehead atoms. The van der Waals surface area contributed by atoms with Gasteiger partial charge in [0, 0.05) is 0 Å². The Morgan fingerprint density at radius 1 is 0.441 bits per heavy atom. The normalized spacial score (nSPS) is 11.5. The number of ether oxygens (including phenoxy) is 2. The molecule has 0 aromatic rings. The van der Waals surface area contributed by atoms with Crippen molar-refractivity contribution in [2.75, 3.05) is 13.2 Å². The molecule has 202 valence electrons. The predicted molar refractivity (Wildman–Crippen MR) is 144 cm³/mol. The van der Waals surface area contributed by atoms with E-state index in [1.807, 2.05) is 13.8 Å². The third-order valence-corrected chi connectivity index (χ3v) is 7.20. The monoisotopic (exact) mass is 482 g/mol. The van der Waals surface area contributed by atoms with Crippen LogP contribution in [0.1, 0.15) is 163 Å². The fourth-order valence-corrected chi connectivity index (χ4v) is 4.52. The molecule has 0 N–H and O–H groups in total. The van der Waals surface area contributed by atoms with Crippen LogP contribution in [0.5, 0.6) is 0 Å². The van der Waals surface area contributed by atoms with Crippen molar-refractivity contribution in [3.05, 3.63) is 0 Å². The Bertz CT molecular complexity index is 470. The average molecular weight is 483 g/mol. The standard InChI is InChI=1S/C30H58O4/c1-5-9-11-13-15-16-17-18-19-21-23-25-27-34-29(32)30(7-3,8-4)28(31)33-26-24-22-20-14-12-10-6-2/h5-27H2,1-4H3. The molecule has 0 atom stereocenters. The fourth-order valence-electron chi connectivity index (χ4n) is 4.52. The SMILES string of the molecule is CCCCCCCCCCCCCCOC(=O)C(CC)(CC)C(=O)OCCCCCCCCC. The predicted octanol–water partition coefficient (Wildman–Crippen LogP) is 9.33. The molecule has 0 heterocycles. The summed E-state index contributed by atoms with van der Waals surface area (Å²) >= 11 is 0. The van der Waals surface area contributed by atoms with Gasteiger partial charge in [-0.15, -0.1) is 0 Å². The Morgan fingerprint density at radius 2 is 0.706 bits per heavy atom. The summed E-state index contributed by atoms with van der Waals surface area (Å²) in [5.74, 6) is -0.798. The molecule has 0 rings (SSSR count). The zero-order valence-corrected chi connectivity index (χ0v) is 23.4. The molecule has 0 fully saturated rings. The molecule has 0 radical (unpaired) electrons. The lowest BCUT2D eigenvalue weighted by molar-refractivity contribution is -0.173. The van der Waals surface area contributed by atoms with Gasteiger partial charge in [-0.1, -0.05) is 137 Å². The minimum atomic E-state index is -1.14. The van der Waals surface area contributed by atoms with Crippen molar-refractivity contribution >= 4 is 11.9 Å². The smallest absolute Gasteiger partial charge is 0.323 e. The van der Waals surface area contributed by atoms with Crippen molar-refractivity contribution in [2.24, 2.45) is 5.41 Å². The first-order valence-electron chi connectivity index (χ1n) is 14.9. The van der Waals surface area contributed by atoms with E-state index in [2.05, 4.69) is 13.8 Å². The summed E-state index contributed by atoms with van der Waals surface area (Å²) < 4.78 is 11.1. The van der Waals surface area contributed by atoms with Gasteiger partial charge in [0.1, 0.15) is 0 Å². The highest BCUT2D eigenvalue weighted by Gasteiger charge is 2.45. The first kappa shape index (κ1) is 32.9. The molecule has 0 aliphatic rings. The van der Waals surface area contributed by atoms with Crippen LogP contribution >= 0.6 is 0 Å². The second-order valence-electron chi connectivity index (χ2n) is 10.1. The third kappa shape index (κ3) is 15.8. The van der Waals surface area contributed by atoms with Gasteiger partial charge in [0.25, 0.3) is 0 Å². The van der Waals surface area contributed by atoms with Crippen LogP contribution in [0.15, 0.2) is 0 Å². The second-order valence-corrected chi connectivity index (χ2v) is 10.1. The number of esters is 2. The van der Waals surface area contributed by atoms with Crippen LogP contribution in [0.4, 0.5) is 0 Å². The highest BCUT2D eigenvalue weighted by Crippen LogP contribution is 2.30. The van der Waals surface area contributed by atoms with Gasteiger partial charge < -0.3 is 9.47 Å². The molecule has 0 unspecified atom stereocenters. The van der Waals surface area contributed by atoms with Gasteiger partial charge in [-0.3, -0.25) is 9.59 Å². The number of hydrogen-bond donors (Lipinski definition) is 0. The maximum atomic E-state index is 12.8. The van der Waals surface area contributed by atoms with Gasteiger partial charge in [0.05, 0.1) is 13.2 Å². The summed E-state index contributed by atoms with van der Waals surface area (Å²) in [6, 6.07) is 0. The minimum absolute atomic E-state index is 0.398. The summed E-state index contributed by atoms with van der Waals surface area (Å²) in [6.45, 7) is 9.05. The van der Waals surface area contributed by atoms with Crippen molar-refractivity contribution in [3.63, 3.8) is 0 Å². The van der Waals surface area contributed by atoms with E-state index in [1.165, 1.54) is 96.3 Å². The highest BCUT2D eigenvalue weighted by atomic mass is 16.6. The number of hydrogen-bond acceptors (Lipinski definition) is 4. The number of rotatable bonds is 25. The Hall–Kier alpha value is -1.06. The van der Waals surface area contributed by atoms with Crippen molar-refractivity contribution in [3.8, 4) is 0 Å². The van der Waals surface area contributed by atoms with Crippen LogP contribution in [0.25, 0.3) is 0 Å². The van der Waals surface area contributed by atoms with Gasteiger partial charge >= 0.3 is 11.9 Å². The van der Waals surface area contributed by atoms with E-state index in [4.69, 9.17) is 9.47 Å². The van der Waals surface area contributed by atoms with E-state index < -0.39 is 17.4 Å². The molecule has 4 heteroatoms. The molecular formula is C30H58O4. The van der Waals surface area contributed by atoms with Crippen LogP contribution in [0.2, 0.25) is 0 Å². The third-order valence-electron chi connectivity index (χ3n) is 7.20. The van der Waals surface area contributed by atoms with E-state index in [1.54, 1.807) is 0 Å². The highest BCUT2D eigenvalue weighted by molar-refractivity contribution is 5.99. The molecule has 0 spiro atoms. The number of carbonyl (C=O) groups excluding carboxylic acids is 2. The molecule has 0 aromatic carbocycles. The van der Waals surface area contributed by atoms with E-state index in [-0.39, 0.29) is 0 Å². The van der Waals surface area contributed by atoms with Gasteiger partial charge in [0.2, 0.25) is 0 Å². The number of carbonyl (C=O) groups is 2. The van der Waals surface area contributed by atoms with Gasteiger partial charge in [-0.2, -0.15) is 0 Å². The Labute approximate surface area is 212 Å². The average Bonchev–Trinajstić information content (AvgIpc) is 2.84. The molecule has 0 aliphatic heterocycles. The molecule has 0 saturated carbocycles. The first-order valence-corrected chi connectivity index (χ1v) is 14.9. The van der Waals surface area contributed by atoms with Gasteiger partial charge in [-0.25, -0.2) is 0 Å². The maximum Gasteiger partial charge on any atom is 0.323 e. The zero-order valence-electron chi connectivity index (χ0n) is 23.4. The molecular weight excluding hydrogens is 424 g/mol. The summed E-state index contributed by atoms with van der Waals surface area (Å²) in [5, 5.41) is 0. The first-order chi connectivity index (χ1) is 16.6. The van der Waals surface area contributed by atoms with E-state index in [0.29, 0.717) is 26.1 Å². The largest absolute Gasteiger partial charge is 0.465 e. The van der Waals surface area contributed by atoms with Gasteiger partial charge in [-0.05, 0) is 25.7 Å². The van der Waals surface area contributed by atoms with Crippen LogP contribution in [-0.2, 0) is 19.1 Å². The fraction of sp³-hybridized carbons (Fsp3) is 0.933. The van der Waals surface area contributed by atoms with Crippen LogP contribution in [0, 0.1) is 5.41 Å². The lowest BCUT2D eigenvalue weighted by Gasteiger charge is -2.27. The molecule has 0 saturated heterocycles. The van der Waals surface area contributed by atoms with E-state index >= 15 is 0 Å². The summed E-state index contributed by atoms with van der Waals surface area (Å²) in [4.78, 5) is 25.5. The maximum absolute atomic E-state index is 12.8. The van der Waals surface area contributed by atoms with Crippen molar-refractivity contribution in [2.45, 2.75) is 163 Å². The molecule has 34 heavy (non-hydrogen) atoms. The van der Waals surface area contributed by atoms with Crippen LogP contribution in [-0.4, -0.2) is 25.2 Å². The van der Waals surface area contributed by atoms with Crippen molar-refractivity contribution in [1.82, 2.24) is 0 Å². The quantitative estimate of drug-likeness (QED) is 0.0738. The minimum Gasteiger partial charge on any atom is -0.465 e.